The molecule has 0 saturated carbocycles. The molecule has 0 aromatic heterocycles. The second-order valence-electron chi connectivity index (χ2n) is 7.27. The molecule has 3 rings (SSSR count). The number of carbonyl (C=O) groups is 2. The van der Waals surface area contributed by atoms with E-state index in [9.17, 15) is 14.0 Å². The van der Waals surface area contributed by atoms with Gasteiger partial charge in [-0.2, -0.15) is 0 Å². The Labute approximate surface area is 165 Å². The maximum absolute atomic E-state index is 14.1. The standard InChI is InChI=1S/C22H26FN3O2/c1-4-25(14-16-9-11-18(12-10-16)24(2)3)22(28)17-13-21(27)26(15-17)20-8-6-5-7-19(20)23/h5-12,17H,4,13-15H2,1-3H3. The van der Waals surface area contributed by atoms with E-state index in [0.29, 0.717) is 13.1 Å². The molecule has 0 bridgehead atoms. The topological polar surface area (TPSA) is 43.9 Å². The van der Waals surface area contributed by atoms with Gasteiger partial charge in [0.2, 0.25) is 11.8 Å². The number of hydrogen-bond acceptors (Lipinski definition) is 3. The molecule has 6 heteroatoms. The van der Waals surface area contributed by atoms with Crippen LogP contribution in [0.25, 0.3) is 0 Å². The highest BCUT2D eigenvalue weighted by molar-refractivity contribution is 6.00. The smallest absolute Gasteiger partial charge is 0.228 e. The third-order valence-corrected chi connectivity index (χ3v) is 5.14. The average molecular weight is 383 g/mol. The van der Waals surface area contributed by atoms with Gasteiger partial charge in [-0.15, -0.1) is 0 Å². The van der Waals surface area contributed by atoms with Crippen molar-refractivity contribution in [1.82, 2.24) is 4.90 Å². The molecule has 0 N–H and O–H groups in total. The number of para-hydroxylation sites is 1. The first-order valence-electron chi connectivity index (χ1n) is 9.50. The first kappa shape index (κ1) is 19.9. The van der Waals surface area contributed by atoms with Gasteiger partial charge in [0.05, 0.1) is 11.6 Å². The molecule has 1 aliphatic rings. The molecule has 2 aromatic carbocycles. The fourth-order valence-corrected chi connectivity index (χ4v) is 3.50. The summed E-state index contributed by atoms with van der Waals surface area (Å²) in [6.07, 6.45) is 0.114. The summed E-state index contributed by atoms with van der Waals surface area (Å²) < 4.78 is 14.1. The van der Waals surface area contributed by atoms with E-state index in [-0.39, 0.29) is 30.5 Å². The van der Waals surface area contributed by atoms with E-state index in [1.807, 2.05) is 50.2 Å². The molecular formula is C22H26FN3O2. The molecule has 28 heavy (non-hydrogen) atoms. The van der Waals surface area contributed by atoms with Crippen LogP contribution in [0.2, 0.25) is 0 Å². The highest BCUT2D eigenvalue weighted by atomic mass is 19.1. The SMILES string of the molecule is CCN(Cc1ccc(N(C)C)cc1)C(=O)C1CC(=O)N(c2ccccc2F)C1. The van der Waals surface area contributed by atoms with Gasteiger partial charge in [0, 0.05) is 45.8 Å². The molecular weight excluding hydrogens is 357 g/mol. The molecule has 0 radical (unpaired) electrons. The Balaban J connectivity index is 1.69. The van der Waals surface area contributed by atoms with Crippen molar-refractivity contribution in [3.05, 3.63) is 59.9 Å². The predicted molar refractivity (Wildman–Crippen MR) is 109 cm³/mol. The van der Waals surface area contributed by atoms with Crippen LogP contribution in [0.5, 0.6) is 0 Å². The van der Waals surface area contributed by atoms with Crippen LogP contribution in [0.4, 0.5) is 15.8 Å². The van der Waals surface area contributed by atoms with Crippen LogP contribution in [0.15, 0.2) is 48.5 Å². The Morgan fingerprint density at radius 2 is 1.82 bits per heavy atom. The van der Waals surface area contributed by atoms with Crippen LogP contribution < -0.4 is 9.80 Å². The maximum Gasteiger partial charge on any atom is 0.228 e. The molecule has 2 amide bonds. The quantitative estimate of drug-likeness (QED) is 0.769. The molecule has 1 aliphatic heterocycles. The lowest BCUT2D eigenvalue weighted by Gasteiger charge is -2.25. The highest BCUT2D eigenvalue weighted by Crippen LogP contribution is 2.28. The van der Waals surface area contributed by atoms with Gasteiger partial charge >= 0.3 is 0 Å². The molecule has 2 aromatic rings. The minimum absolute atomic E-state index is 0.0635. The van der Waals surface area contributed by atoms with Crippen molar-refractivity contribution in [3.8, 4) is 0 Å². The van der Waals surface area contributed by atoms with Crippen molar-refractivity contribution in [1.29, 1.82) is 0 Å². The van der Waals surface area contributed by atoms with E-state index in [0.717, 1.165) is 11.3 Å². The number of halogens is 1. The molecule has 148 valence electrons. The van der Waals surface area contributed by atoms with Gasteiger partial charge in [-0.05, 0) is 36.8 Å². The number of benzene rings is 2. The summed E-state index contributed by atoms with van der Waals surface area (Å²) in [6.45, 7) is 3.19. The second kappa shape index (κ2) is 8.42. The molecule has 1 saturated heterocycles. The van der Waals surface area contributed by atoms with E-state index < -0.39 is 11.7 Å². The van der Waals surface area contributed by atoms with Crippen molar-refractivity contribution >= 4 is 23.2 Å². The first-order chi connectivity index (χ1) is 13.4. The van der Waals surface area contributed by atoms with Gasteiger partial charge in [-0.3, -0.25) is 9.59 Å². The van der Waals surface area contributed by atoms with E-state index in [2.05, 4.69) is 0 Å². The van der Waals surface area contributed by atoms with Gasteiger partial charge in [-0.1, -0.05) is 24.3 Å². The Morgan fingerprint density at radius 3 is 2.43 bits per heavy atom. The summed E-state index contributed by atoms with van der Waals surface area (Å²) in [4.78, 5) is 30.6. The van der Waals surface area contributed by atoms with Crippen LogP contribution >= 0.6 is 0 Å². The van der Waals surface area contributed by atoms with Crippen LogP contribution in [0, 0.1) is 11.7 Å². The number of carbonyl (C=O) groups excluding carboxylic acids is 2. The summed E-state index contributed by atoms with van der Waals surface area (Å²) in [6, 6.07) is 14.2. The zero-order chi connectivity index (χ0) is 20.3. The van der Waals surface area contributed by atoms with Crippen molar-refractivity contribution in [2.75, 3.05) is 37.0 Å². The van der Waals surface area contributed by atoms with E-state index in [4.69, 9.17) is 0 Å². The van der Waals surface area contributed by atoms with Crippen molar-refractivity contribution in [2.24, 2.45) is 5.92 Å². The summed E-state index contributed by atoms with van der Waals surface area (Å²) >= 11 is 0. The molecule has 1 heterocycles. The van der Waals surface area contributed by atoms with Gasteiger partial charge in [0.1, 0.15) is 5.82 Å². The van der Waals surface area contributed by atoms with E-state index >= 15 is 0 Å². The Hall–Kier alpha value is -2.89. The minimum Gasteiger partial charge on any atom is -0.378 e. The summed E-state index contributed by atoms with van der Waals surface area (Å²) in [5.74, 6) is -1.17. The molecule has 1 atom stereocenters. The van der Waals surface area contributed by atoms with Gasteiger partial charge in [-0.25, -0.2) is 4.39 Å². The summed E-state index contributed by atoms with van der Waals surface area (Å²) in [5, 5.41) is 0. The van der Waals surface area contributed by atoms with E-state index in [1.54, 1.807) is 23.1 Å². The third-order valence-electron chi connectivity index (χ3n) is 5.14. The number of nitrogens with zero attached hydrogens (tertiary/aromatic N) is 3. The van der Waals surface area contributed by atoms with Gasteiger partial charge < -0.3 is 14.7 Å². The van der Waals surface area contributed by atoms with Crippen LogP contribution in [-0.2, 0) is 16.1 Å². The lowest BCUT2D eigenvalue weighted by Crippen LogP contribution is -2.37. The van der Waals surface area contributed by atoms with Crippen molar-refractivity contribution < 1.29 is 14.0 Å². The fourth-order valence-electron chi connectivity index (χ4n) is 3.50. The fraction of sp³-hybridized carbons (Fsp3) is 0.364. The Morgan fingerprint density at radius 1 is 1.14 bits per heavy atom. The molecule has 0 aliphatic carbocycles. The lowest BCUT2D eigenvalue weighted by atomic mass is 10.1. The van der Waals surface area contributed by atoms with E-state index in [1.165, 1.54) is 11.0 Å². The summed E-state index contributed by atoms with van der Waals surface area (Å²) in [7, 11) is 3.96. The highest BCUT2D eigenvalue weighted by Gasteiger charge is 2.37. The third kappa shape index (κ3) is 4.16. The van der Waals surface area contributed by atoms with Crippen LogP contribution in [0.1, 0.15) is 18.9 Å². The van der Waals surface area contributed by atoms with Crippen molar-refractivity contribution in [3.63, 3.8) is 0 Å². The van der Waals surface area contributed by atoms with Gasteiger partial charge in [0.25, 0.3) is 0 Å². The summed E-state index contributed by atoms with van der Waals surface area (Å²) in [5.41, 5.74) is 2.38. The molecule has 1 unspecified atom stereocenters. The molecule has 1 fully saturated rings. The first-order valence-corrected chi connectivity index (χ1v) is 9.50. The average Bonchev–Trinajstić information content (AvgIpc) is 3.07. The minimum atomic E-state index is -0.451. The second-order valence-corrected chi connectivity index (χ2v) is 7.27. The number of anilines is 2. The Bertz CT molecular complexity index is 851. The zero-order valence-corrected chi connectivity index (χ0v) is 16.6. The molecule has 5 nitrogen and oxygen atoms in total. The largest absolute Gasteiger partial charge is 0.378 e. The maximum atomic E-state index is 14.1. The van der Waals surface area contributed by atoms with Crippen LogP contribution in [-0.4, -0.2) is 43.9 Å². The predicted octanol–water partition coefficient (Wildman–Crippen LogP) is 3.29. The Kier molecular flexibility index (Phi) is 5.97. The molecule has 0 spiro atoms. The van der Waals surface area contributed by atoms with Gasteiger partial charge in [0.15, 0.2) is 0 Å². The van der Waals surface area contributed by atoms with Crippen molar-refractivity contribution in [2.45, 2.75) is 19.9 Å². The number of amides is 2. The number of rotatable bonds is 6. The zero-order valence-electron chi connectivity index (χ0n) is 16.6. The van der Waals surface area contributed by atoms with Crippen LogP contribution in [0.3, 0.4) is 0 Å². The normalized spacial score (nSPS) is 16.4. The lowest BCUT2D eigenvalue weighted by molar-refractivity contribution is -0.136. The monoisotopic (exact) mass is 383 g/mol. The number of hydrogen-bond donors (Lipinski definition) is 0.